The number of hydrogen-bond acceptors (Lipinski definition) is 2. The fourth-order valence-corrected chi connectivity index (χ4v) is 1.96. The van der Waals surface area contributed by atoms with Crippen LogP contribution in [0.2, 0.25) is 0 Å². The van der Waals surface area contributed by atoms with Crippen molar-refractivity contribution in [3.8, 4) is 0 Å². The van der Waals surface area contributed by atoms with Gasteiger partial charge in [-0.25, -0.2) is 0 Å². The highest BCUT2D eigenvalue weighted by Gasteiger charge is 2.76. The maximum Gasteiger partial charge on any atom is 0.460 e. The molecule has 1 unspecified atom stereocenters. The summed E-state index contributed by atoms with van der Waals surface area (Å²) in [5.74, 6) is -16.3. The van der Waals surface area contributed by atoms with E-state index in [0.29, 0.717) is 12.6 Å². The molecule has 3 nitrogen and oxygen atoms in total. The summed E-state index contributed by atoms with van der Waals surface area (Å²) in [6, 6.07) is 4.16. The molecule has 1 aromatic rings. The third kappa shape index (κ3) is 3.62. The van der Waals surface area contributed by atoms with E-state index in [-0.39, 0.29) is 10.5 Å². The van der Waals surface area contributed by atoms with Crippen molar-refractivity contribution in [1.82, 2.24) is 4.90 Å². The smallest absolute Gasteiger partial charge is 0.330 e. The zero-order chi connectivity index (χ0) is 19.8. The normalized spacial score (nSPS) is 14.2. The van der Waals surface area contributed by atoms with E-state index in [1.807, 2.05) is 0 Å². The first kappa shape index (κ1) is 20.9. The number of halogens is 7. The van der Waals surface area contributed by atoms with E-state index in [0.717, 1.165) is 6.92 Å². The molecule has 0 aliphatic carbocycles. The van der Waals surface area contributed by atoms with Crippen molar-refractivity contribution in [2.45, 2.75) is 37.9 Å². The second-order valence-corrected chi connectivity index (χ2v) is 5.42. The fourth-order valence-electron chi connectivity index (χ4n) is 1.96. The Labute approximate surface area is 138 Å². The zero-order valence-electron chi connectivity index (χ0n) is 13.3. The average Bonchev–Trinajstić information content (AvgIpc) is 2.51. The minimum Gasteiger partial charge on any atom is -0.330 e. The van der Waals surface area contributed by atoms with Crippen LogP contribution in [-0.4, -0.2) is 47.7 Å². The number of alkyl halides is 7. The van der Waals surface area contributed by atoms with Crippen LogP contribution < -0.4 is 0 Å². The molecule has 10 heteroatoms. The third-order valence-corrected chi connectivity index (χ3v) is 3.71. The molecule has 0 heterocycles. The maximum absolute atomic E-state index is 13.5. The molecule has 0 aliphatic heterocycles. The summed E-state index contributed by atoms with van der Waals surface area (Å²) in [4.78, 5) is 23.7. The molecule has 0 bridgehead atoms. The maximum atomic E-state index is 13.5. The first-order valence-corrected chi connectivity index (χ1v) is 6.85. The number of ketones is 1. The monoisotopic (exact) mass is 373 g/mol. The van der Waals surface area contributed by atoms with Crippen LogP contribution in [0.3, 0.4) is 0 Å². The van der Waals surface area contributed by atoms with Crippen molar-refractivity contribution in [3.63, 3.8) is 0 Å². The van der Waals surface area contributed by atoms with Crippen molar-refractivity contribution in [2.75, 3.05) is 7.05 Å². The van der Waals surface area contributed by atoms with Gasteiger partial charge in [0.2, 0.25) is 0 Å². The van der Waals surface area contributed by atoms with Crippen LogP contribution in [0.4, 0.5) is 30.7 Å². The zero-order valence-corrected chi connectivity index (χ0v) is 13.3. The second kappa shape index (κ2) is 6.64. The molecule has 0 spiro atoms. The van der Waals surface area contributed by atoms with E-state index in [1.165, 1.54) is 25.1 Å². The average molecular weight is 373 g/mol. The first-order chi connectivity index (χ1) is 11.2. The highest BCUT2D eigenvalue weighted by Crippen LogP contribution is 2.47. The number of hydrogen-bond donors (Lipinski definition) is 0. The first-order valence-electron chi connectivity index (χ1n) is 6.85. The molecule has 140 valence electrons. The lowest BCUT2D eigenvalue weighted by Gasteiger charge is -2.32. The van der Waals surface area contributed by atoms with Crippen LogP contribution in [0.5, 0.6) is 0 Å². The highest BCUT2D eigenvalue weighted by molar-refractivity contribution is 6.03. The van der Waals surface area contributed by atoms with Crippen LogP contribution in [0.25, 0.3) is 0 Å². The molecule has 25 heavy (non-hydrogen) atoms. The summed E-state index contributed by atoms with van der Waals surface area (Å²) in [5.41, 5.74) is 0.452. The Morgan fingerprint density at radius 2 is 1.48 bits per heavy atom. The Hall–Kier alpha value is -2.13. The summed E-state index contributed by atoms with van der Waals surface area (Å²) >= 11 is 0. The van der Waals surface area contributed by atoms with Gasteiger partial charge >= 0.3 is 18.0 Å². The topological polar surface area (TPSA) is 37.4 Å². The summed E-state index contributed by atoms with van der Waals surface area (Å²) < 4.78 is 89.4. The summed E-state index contributed by atoms with van der Waals surface area (Å²) in [5, 5.41) is 0. The van der Waals surface area contributed by atoms with Gasteiger partial charge in [0, 0.05) is 12.6 Å². The molecule has 0 aliphatic rings. The molecular weight excluding hydrogens is 359 g/mol. The van der Waals surface area contributed by atoms with Crippen LogP contribution in [-0.2, 0) is 4.79 Å². The molecular formula is C15H14F7NO2. The SMILES string of the molecule is Cc1ccccc1C(=O)C(C)N(C)C(=O)C(F)(F)C(F)(F)C(F)(F)F. The number of aryl methyl sites for hydroxylation is 1. The number of amides is 1. The lowest BCUT2D eigenvalue weighted by molar-refractivity contribution is -0.345. The number of Topliss-reactive ketones (excluding diaryl/α,β-unsaturated/α-hetero) is 1. The van der Waals surface area contributed by atoms with E-state index in [9.17, 15) is 40.3 Å². The number of likely N-dealkylation sites (N-methyl/N-ethyl adjacent to an activating group) is 1. The lowest BCUT2D eigenvalue weighted by Crippen LogP contribution is -2.61. The van der Waals surface area contributed by atoms with Gasteiger partial charge < -0.3 is 4.90 Å². The predicted octanol–water partition coefficient (Wildman–Crippen LogP) is 3.86. The molecule has 1 rings (SSSR count). The van der Waals surface area contributed by atoms with E-state index >= 15 is 0 Å². The minimum absolute atomic E-state index is 0.0283. The molecule has 0 aromatic heterocycles. The minimum atomic E-state index is -6.63. The highest BCUT2D eigenvalue weighted by atomic mass is 19.4. The van der Waals surface area contributed by atoms with E-state index in [2.05, 4.69) is 0 Å². The molecule has 0 saturated carbocycles. The molecule has 1 amide bonds. The lowest BCUT2D eigenvalue weighted by atomic mass is 9.99. The number of carbonyl (C=O) groups is 2. The summed E-state index contributed by atoms with van der Waals surface area (Å²) in [7, 11) is 0.559. The van der Waals surface area contributed by atoms with Crippen LogP contribution in [0.15, 0.2) is 24.3 Å². The molecule has 0 saturated heterocycles. The number of rotatable bonds is 5. The van der Waals surface area contributed by atoms with Crippen molar-refractivity contribution < 1.29 is 40.3 Å². The van der Waals surface area contributed by atoms with Crippen LogP contribution in [0.1, 0.15) is 22.8 Å². The van der Waals surface area contributed by atoms with Crippen molar-refractivity contribution in [2.24, 2.45) is 0 Å². The number of nitrogens with zero attached hydrogens (tertiary/aromatic N) is 1. The van der Waals surface area contributed by atoms with Gasteiger partial charge in [0.25, 0.3) is 5.91 Å². The molecule has 0 radical (unpaired) electrons. The molecule has 1 atom stereocenters. The van der Waals surface area contributed by atoms with E-state index < -0.39 is 35.8 Å². The van der Waals surface area contributed by atoms with Gasteiger partial charge in [-0.15, -0.1) is 0 Å². The van der Waals surface area contributed by atoms with Gasteiger partial charge in [0.05, 0.1) is 6.04 Å². The van der Waals surface area contributed by atoms with Crippen molar-refractivity contribution in [3.05, 3.63) is 35.4 Å². The fraction of sp³-hybridized carbons (Fsp3) is 0.467. The number of benzene rings is 1. The van der Waals surface area contributed by atoms with Gasteiger partial charge in [-0.3, -0.25) is 9.59 Å². The Bertz CT molecular complexity index is 670. The molecule has 0 fully saturated rings. The summed E-state index contributed by atoms with van der Waals surface area (Å²) in [6.07, 6.45) is -6.63. The number of carbonyl (C=O) groups excluding carboxylic acids is 2. The predicted molar refractivity (Wildman–Crippen MR) is 73.7 cm³/mol. The van der Waals surface area contributed by atoms with Gasteiger partial charge in [0.1, 0.15) is 0 Å². The van der Waals surface area contributed by atoms with E-state index in [4.69, 9.17) is 0 Å². The van der Waals surface area contributed by atoms with Gasteiger partial charge in [-0.05, 0) is 19.4 Å². The quantitative estimate of drug-likeness (QED) is 0.581. The van der Waals surface area contributed by atoms with Crippen molar-refractivity contribution >= 4 is 11.7 Å². The Balaban J connectivity index is 3.13. The summed E-state index contributed by atoms with van der Waals surface area (Å²) in [6.45, 7) is 2.46. The largest absolute Gasteiger partial charge is 0.460 e. The molecule has 1 aromatic carbocycles. The second-order valence-electron chi connectivity index (χ2n) is 5.42. The molecule has 0 N–H and O–H groups in total. The third-order valence-electron chi connectivity index (χ3n) is 3.71. The van der Waals surface area contributed by atoms with Crippen LogP contribution >= 0.6 is 0 Å². The van der Waals surface area contributed by atoms with Crippen LogP contribution in [0, 0.1) is 6.92 Å². The van der Waals surface area contributed by atoms with E-state index in [1.54, 1.807) is 6.07 Å². The standard InChI is InChI=1S/C15H14F7NO2/c1-8-6-4-5-7-10(8)11(24)9(2)23(3)12(25)13(16,17)14(18,19)15(20,21)22/h4-7,9H,1-3H3. The van der Waals surface area contributed by atoms with Gasteiger partial charge in [-0.1, -0.05) is 24.3 Å². The Morgan fingerprint density at radius 1 is 1.00 bits per heavy atom. The Kier molecular flexibility index (Phi) is 5.56. The Morgan fingerprint density at radius 3 is 1.92 bits per heavy atom. The van der Waals surface area contributed by atoms with Gasteiger partial charge in [0.15, 0.2) is 5.78 Å². The van der Waals surface area contributed by atoms with Gasteiger partial charge in [-0.2, -0.15) is 30.7 Å². The van der Waals surface area contributed by atoms with Crippen molar-refractivity contribution in [1.29, 1.82) is 0 Å².